The first-order valence-electron chi connectivity index (χ1n) is 9.36. The van der Waals surface area contributed by atoms with E-state index >= 15 is 0 Å². The van der Waals surface area contributed by atoms with E-state index in [4.69, 9.17) is 0 Å². The average molecular weight is 384 g/mol. The Morgan fingerprint density at radius 3 is 2.54 bits per heavy atom. The zero-order valence-electron chi connectivity index (χ0n) is 15.3. The van der Waals surface area contributed by atoms with Crippen LogP contribution in [0, 0.1) is 5.82 Å². The number of anilines is 2. The normalized spacial score (nSPS) is 14.8. The summed E-state index contributed by atoms with van der Waals surface area (Å²) in [5.74, 6) is -0.135. The number of nitrogens with one attached hydrogen (secondary N) is 1. The fraction of sp³-hybridized carbons (Fsp3) is 0.368. The van der Waals surface area contributed by atoms with Crippen LogP contribution in [0.2, 0.25) is 0 Å². The molecule has 9 heteroatoms. The lowest BCUT2D eigenvalue weighted by molar-refractivity contribution is -0.117. The predicted octanol–water partition coefficient (Wildman–Crippen LogP) is 2.05. The van der Waals surface area contributed by atoms with E-state index < -0.39 is 11.6 Å². The first-order chi connectivity index (χ1) is 13.6. The number of rotatable bonds is 4. The van der Waals surface area contributed by atoms with Crippen molar-refractivity contribution in [3.8, 4) is 0 Å². The van der Waals surface area contributed by atoms with Crippen LogP contribution < -0.4 is 15.9 Å². The van der Waals surface area contributed by atoms with Gasteiger partial charge in [0.15, 0.2) is 5.82 Å². The van der Waals surface area contributed by atoms with Crippen molar-refractivity contribution >= 4 is 23.1 Å². The molecule has 0 spiro atoms. The summed E-state index contributed by atoms with van der Waals surface area (Å²) < 4.78 is 15.5. The molecule has 0 bridgehead atoms. The number of halogens is 1. The van der Waals surface area contributed by atoms with Crippen LogP contribution in [0.5, 0.6) is 0 Å². The van der Waals surface area contributed by atoms with Crippen LogP contribution in [0.3, 0.4) is 0 Å². The molecule has 28 heavy (non-hydrogen) atoms. The van der Waals surface area contributed by atoms with Crippen LogP contribution in [0.25, 0.3) is 5.65 Å². The van der Waals surface area contributed by atoms with Gasteiger partial charge in [-0.25, -0.2) is 23.3 Å². The molecule has 3 aromatic rings. The molecule has 1 aliphatic rings. The van der Waals surface area contributed by atoms with Crippen LogP contribution in [-0.4, -0.2) is 38.2 Å². The van der Waals surface area contributed by atoms with Crippen LogP contribution in [-0.2, 0) is 11.3 Å². The van der Waals surface area contributed by atoms with Crippen LogP contribution in [0.15, 0.2) is 41.5 Å². The van der Waals surface area contributed by atoms with Crippen molar-refractivity contribution in [3.05, 3.63) is 53.0 Å². The number of amides is 1. The maximum absolute atomic E-state index is 13.0. The molecule has 0 radical (unpaired) electrons. The lowest BCUT2D eigenvalue weighted by atomic mass is 10.2. The van der Waals surface area contributed by atoms with E-state index in [-0.39, 0.29) is 12.4 Å². The Morgan fingerprint density at radius 1 is 1.11 bits per heavy atom. The van der Waals surface area contributed by atoms with Crippen molar-refractivity contribution in [2.24, 2.45) is 0 Å². The van der Waals surface area contributed by atoms with Gasteiger partial charge in [-0.3, -0.25) is 4.79 Å². The van der Waals surface area contributed by atoms with Crippen molar-refractivity contribution in [2.75, 3.05) is 23.3 Å². The van der Waals surface area contributed by atoms with Crippen molar-refractivity contribution in [2.45, 2.75) is 32.2 Å². The molecular weight excluding hydrogens is 363 g/mol. The molecule has 146 valence electrons. The number of carbonyl (C=O) groups excluding carboxylic acids is 1. The van der Waals surface area contributed by atoms with Gasteiger partial charge >= 0.3 is 5.69 Å². The highest BCUT2D eigenvalue weighted by Crippen LogP contribution is 2.20. The maximum Gasteiger partial charge on any atom is 0.350 e. The van der Waals surface area contributed by atoms with Gasteiger partial charge in [-0.2, -0.15) is 0 Å². The minimum Gasteiger partial charge on any atom is -0.353 e. The fourth-order valence-corrected chi connectivity index (χ4v) is 3.41. The van der Waals surface area contributed by atoms with Crippen molar-refractivity contribution in [1.82, 2.24) is 19.2 Å². The molecule has 0 aliphatic carbocycles. The lowest BCUT2D eigenvalue weighted by Gasteiger charge is -2.20. The minimum atomic E-state index is -0.415. The maximum atomic E-state index is 13.0. The summed E-state index contributed by atoms with van der Waals surface area (Å²) in [5, 5.41) is 6.99. The van der Waals surface area contributed by atoms with Gasteiger partial charge < -0.3 is 10.2 Å². The molecule has 8 nitrogen and oxygen atoms in total. The predicted molar refractivity (Wildman–Crippen MR) is 103 cm³/mol. The van der Waals surface area contributed by atoms with Gasteiger partial charge in [0.2, 0.25) is 11.6 Å². The molecule has 1 amide bonds. The molecule has 0 unspecified atom stereocenters. The Balaban J connectivity index is 1.58. The van der Waals surface area contributed by atoms with E-state index in [0.717, 1.165) is 30.6 Å². The molecule has 1 saturated heterocycles. The zero-order chi connectivity index (χ0) is 19.5. The third-order valence-corrected chi connectivity index (χ3v) is 4.81. The van der Waals surface area contributed by atoms with Gasteiger partial charge in [-0.05, 0) is 37.1 Å². The van der Waals surface area contributed by atoms with E-state index in [1.165, 1.54) is 41.5 Å². The average Bonchev–Trinajstić information content (AvgIpc) is 2.88. The molecule has 1 aliphatic heterocycles. The van der Waals surface area contributed by atoms with Gasteiger partial charge in [0.05, 0.1) is 0 Å². The second-order valence-electron chi connectivity index (χ2n) is 6.84. The van der Waals surface area contributed by atoms with Gasteiger partial charge in [0.25, 0.3) is 0 Å². The number of nitrogens with zero attached hydrogens (tertiary/aromatic N) is 5. The molecule has 1 N–H and O–H groups in total. The van der Waals surface area contributed by atoms with Gasteiger partial charge in [0, 0.05) is 31.2 Å². The van der Waals surface area contributed by atoms with Crippen molar-refractivity contribution in [3.63, 3.8) is 0 Å². The van der Waals surface area contributed by atoms with Gasteiger partial charge in [-0.15, -0.1) is 5.10 Å². The molecule has 1 fully saturated rings. The number of hydrogen-bond donors (Lipinski definition) is 1. The molecule has 1 aromatic carbocycles. The highest BCUT2D eigenvalue weighted by molar-refractivity contribution is 5.90. The monoisotopic (exact) mass is 384 g/mol. The quantitative estimate of drug-likeness (QED) is 0.744. The van der Waals surface area contributed by atoms with Gasteiger partial charge in [-0.1, -0.05) is 12.8 Å². The van der Waals surface area contributed by atoms with Crippen LogP contribution >= 0.6 is 0 Å². The molecule has 3 heterocycles. The van der Waals surface area contributed by atoms with Crippen LogP contribution in [0.4, 0.5) is 15.9 Å². The number of hydrogen-bond acceptors (Lipinski definition) is 5. The summed E-state index contributed by atoms with van der Waals surface area (Å²) in [6.07, 6.45) is 7.66. The number of carbonyl (C=O) groups is 1. The standard InChI is InChI=1S/C19H21FN6O2/c20-14-5-7-15(8-6-14)22-16(27)13-26-19(28)25-12-9-21-17(18(25)23-26)24-10-3-1-2-4-11-24/h5-9,12H,1-4,10-11,13H2,(H,22,27). The molecular formula is C19H21FN6O2. The van der Waals surface area contributed by atoms with E-state index in [2.05, 4.69) is 20.3 Å². The lowest BCUT2D eigenvalue weighted by Crippen LogP contribution is -2.28. The summed E-state index contributed by atoms with van der Waals surface area (Å²) in [7, 11) is 0. The Bertz CT molecular complexity index is 1030. The third-order valence-electron chi connectivity index (χ3n) is 4.81. The number of benzene rings is 1. The van der Waals surface area contributed by atoms with E-state index in [0.29, 0.717) is 17.2 Å². The highest BCUT2D eigenvalue weighted by Gasteiger charge is 2.19. The van der Waals surface area contributed by atoms with E-state index in [1.54, 1.807) is 12.4 Å². The Labute approximate surface area is 160 Å². The van der Waals surface area contributed by atoms with Crippen molar-refractivity contribution < 1.29 is 9.18 Å². The largest absolute Gasteiger partial charge is 0.353 e. The smallest absolute Gasteiger partial charge is 0.350 e. The zero-order valence-corrected chi connectivity index (χ0v) is 15.3. The Morgan fingerprint density at radius 2 is 1.82 bits per heavy atom. The van der Waals surface area contributed by atoms with E-state index in [1.807, 2.05) is 0 Å². The second-order valence-corrected chi connectivity index (χ2v) is 6.84. The Kier molecular flexibility index (Phi) is 5.05. The highest BCUT2D eigenvalue weighted by atomic mass is 19.1. The molecule has 2 aromatic heterocycles. The van der Waals surface area contributed by atoms with Crippen molar-refractivity contribution in [1.29, 1.82) is 0 Å². The van der Waals surface area contributed by atoms with Crippen LogP contribution in [0.1, 0.15) is 25.7 Å². The topological polar surface area (TPSA) is 84.5 Å². The Hall–Kier alpha value is -3.23. The second kappa shape index (κ2) is 7.79. The third kappa shape index (κ3) is 3.73. The first-order valence-corrected chi connectivity index (χ1v) is 9.36. The minimum absolute atomic E-state index is 0.239. The summed E-state index contributed by atoms with van der Waals surface area (Å²) in [6.45, 7) is 1.51. The van der Waals surface area contributed by atoms with E-state index in [9.17, 15) is 14.0 Å². The number of fused-ring (bicyclic) bond motifs is 1. The summed E-state index contributed by atoms with van der Waals surface area (Å²) in [6, 6.07) is 5.43. The fourth-order valence-electron chi connectivity index (χ4n) is 3.41. The SMILES string of the molecule is O=C(Cn1nc2c(N3CCCCCC3)nccn2c1=O)Nc1ccc(F)cc1. The summed E-state index contributed by atoms with van der Waals surface area (Å²) in [4.78, 5) is 31.5. The summed E-state index contributed by atoms with van der Waals surface area (Å²) >= 11 is 0. The molecule has 4 rings (SSSR count). The summed E-state index contributed by atoms with van der Waals surface area (Å²) in [5.41, 5.74) is 0.502. The number of aromatic nitrogens is 4. The first kappa shape index (κ1) is 18.1. The molecule has 0 atom stereocenters. The molecule has 0 saturated carbocycles. The van der Waals surface area contributed by atoms with Gasteiger partial charge in [0.1, 0.15) is 12.4 Å².